The zero-order chi connectivity index (χ0) is 27.1. The molecule has 5 rings (SSSR count). The zero-order valence-electron chi connectivity index (χ0n) is 23.3. The Labute approximate surface area is 224 Å². The highest BCUT2D eigenvalue weighted by atomic mass is 16.6. The van der Waals surface area contributed by atoms with Crippen molar-refractivity contribution in [1.82, 2.24) is 19.7 Å². The first-order chi connectivity index (χ1) is 18.1. The summed E-state index contributed by atoms with van der Waals surface area (Å²) in [7, 11) is 1.72. The Kier molecular flexibility index (Phi) is 6.82. The molecule has 1 atom stereocenters. The lowest BCUT2D eigenvalue weighted by atomic mass is 9.81. The molecule has 0 spiro atoms. The predicted molar refractivity (Wildman–Crippen MR) is 150 cm³/mol. The van der Waals surface area contributed by atoms with E-state index in [4.69, 9.17) is 9.47 Å². The molecule has 1 N–H and O–H groups in total. The Hall–Kier alpha value is -3.58. The number of likely N-dealkylation sites (tertiary alicyclic amines) is 1. The Morgan fingerprint density at radius 1 is 1.13 bits per heavy atom. The molecule has 4 aromatic rings. The van der Waals surface area contributed by atoms with E-state index in [0.29, 0.717) is 0 Å². The van der Waals surface area contributed by atoms with Crippen molar-refractivity contribution in [2.45, 2.75) is 71.6 Å². The number of fused-ring (bicyclic) bond motifs is 1. The SMILES string of the molecule is COc1cc(C)c2c(ccn2C(=O)OC(C)(C)C)c1CN1CCCC[C@]1(C)c1ccc(-c2cn[nH]c2)cc1. The van der Waals surface area contributed by atoms with Crippen LogP contribution >= 0.6 is 0 Å². The first kappa shape index (κ1) is 26.0. The molecular weight excluding hydrogens is 476 g/mol. The maximum absolute atomic E-state index is 13.0. The molecule has 2 aromatic carbocycles. The molecule has 1 saturated heterocycles. The van der Waals surface area contributed by atoms with Gasteiger partial charge in [0, 0.05) is 41.0 Å². The van der Waals surface area contributed by atoms with Crippen LogP contribution in [0.4, 0.5) is 4.79 Å². The van der Waals surface area contributed by atoms with Gasteiger partial charge in [-0.1, -0.05) is 30.7 Å². The monoisotopic (exact) mass is 514 g/mol. The number of benzene rings is 2. The van der Waals surface area contributed by atoms with E-state index in [-0.39, 0.29) is 11.6 Å². The van der Waals surface area contributed by atoms with E-state index < -0.39 is 5.60 Å². The van der Waals surface area contributed by atoms with Crippen molar-refractivity contribution >= 4 is 17.0 Å². The number of piperidine rings is 1. The molecule has 200 valence electrons. The quantitative estimate of drug-likeness (QED) is 0.309. The lowest BCUT2D eigenvalue weighted by Gasteiger charge is -2.46. The number of ether oxygens (including phenoxy) is 2. The fourth-order valence-corrected chi connectivity index (χ4v) is 5.75. The van der Waals surface area contributed by atoms with Crippen LogP contribution in [0.15, 0.2) is 55.0 Å². The van der Waals surface area contributed by atoms with Crippen LogP contribution in [0.3, 0.4) is 0 Å². The summed E-state index contributed by atoms with van der Waals surface area (Å²) in [4.78, 5) is 15.6. The third-order valence-corrected chi connectivity index (χ3v) is 7.77. The highest BCUT2D eigenvalue weighted by Crippen LogP contribution is 2.41. The molecule has 0 saturated carbocycles. The van der Waals surface area contributed by atoms with E-state index in [1.807, 2.05) is 58.4 Å². The fourth-order valence-electron chi connectivity index (χ4n) is 5.75. The van der Waals surface area contributed by atoms with E-state index in [2.05, 4.69) is 46.3 Å². The van der Waals surface area contributed by atoms with Crippen LogP contribution in [0.2, 0.25) is 0 Å². The summed E-state index contributed by atoms with van der Waals surface area (Å²) in [6, 6.07) is 12.9. The van der Waals surface area contributed by atoms with Crippen LogP contribution in [-0.4, -0.2) is 45.0 Å². The molecular formula is C31H38N4O3. The van der Waals surface area contributed by atoms with Crippen LogP contribution in [0.1, 0.15) is 63.6 Å². The second-order valence-corrected chi connectivity index (χ2v) is 11.5. The maximum atomic E-state index is 13.0. The maximum Gasteiger partial charge on any atom is 0.419 e. The van der Waals surface area contributed by atoms with Gasteiger partial charge >= 0.3 is 6.09 Å². The molecule has 0 bridgehead atoms. The van der Waals surface area contributed by atoms with Crippen LogP contribution in [0.25, 0.3) is 22.0 Å². The third-order valence-electron chi connectivity index (χ3n) is 7.77. The van der Waals surface area contributed by atoms with Crippen molar-refractivity contribution in [2.24, 2.45) is 0 Å². The molecule has 2 aromatic heterocycles. The third kappa shape index (κ3) is 4.83. The zero-order valence-corrected chi connectivity index (χ0v) is 23.3. The second-order valence-electron chi connectivity index (χ2n) is 11.5. The van der Waals surface area contributed by atoms with Crippen LogP contribution in [0.5, 0.6) is 5.75 Å². The lowest BCUT2D eigenvalue weighted by Crippen LogP contribution is -2.46. The number of aromatic nitrogens is 3. The number of nitrogens with zero attached hydrogens (tertiary/aromatic N) is 3. The number of nitrogens with one attached hydrogen (secondary N) is 1. The summed E-state index contributed by atoms with van der Waals surface area (Å²) in [5.74, 6) is 0.847. The lowest BCUT2D eigenvalue weighted by molar-refractivity contribution is 0.0508. The molecule has 1 fully saturated rings. The summed E-state index contributed by atoms with van der Waals surface area (Å²) in [6.45, 7) is 11.7. The number of H-pyrrole nitrogens is 1. The molecule has 0 radical (unpaired) electrons. The van der Waals surface area contributed by atoms with Gasteiger partial charge in [-0.15, -0.1) is 0 Å². The van der Waals surface area contributed by atoms with Crippen molar-refractivity contribution in [3.63, 3.8) is 0 Å². The van der Waals surface area contributed by atoms with E-state index in [1.54, 1.807) is 11.7 Å². The second kappa shape index (κ2) is 9.95. The van der Waals surface area contributed by atoms with Gasteiger partial charge in [0.15, 0.2) is 0 Å². The Morgan fingerprint density at radius 3 is 2.55 bits per heavy atom. The minimum absolute atomic E-state index is 0.122. The summed E-state index contributed by atoms with van der Waals surface area (Å²) in [5, 5.41) is 8.01. The topological polar surface area (TPSA) is 72.4 Å². The Bertz CT molecular complexity index is 1430. The van der Waals surface area contributed by atoms with Gasteiger partial charge in [-0.2, -0.15) is 5.10 Å². The van der Waals surface area contributed by atoms with E-state index >= 15 is 0 Å². The van der Waals surface area contributed by atoms with Gasteiger partial charge in [0.05, 0.1) is 18.8 Å². The van der Waals surface area contributed by atoms with Crippen LogP contribution < -0.4 is 4.74 Å². The Morgan fingerprint density at radius 2 is 1.89 bits per heavy atom. The van der Waals surface area contributed by atoms with Crippen LogP contribution in [0, 0.1) is 6.92 Å². The minimum Gasteiger partial charge on any atom is -0.496 e. The molecule has 1 aliphatic rings. The van der Waals surface area contributed by atoms with Crippen LogP contribution in [-0.2, 0) is 16.8 Å². The molecule has 3 heterocycles. The number of carbonyl (C=O) groups is 1. The summed E-state index contributed by atoms with van der Waals surface area (Å²) in [5.41, 5.74) is 5.80. The highest BCUT2D eigenvalue weighted by Gasteiger charge is 2.37. The highest BCUT2D eigenvalue weighted by molar-refractivity contribution is 5.95. The van der Waals surface area contributed by atoms with Gasteiger partial charge in [0.2, 0.25) is 0 Å². The van der Waals surface area contributed by atoms with Gasteiger partial charge in [-0.05, 0) is 82.8 Å². The average molecular weight is 515 g/mol. The first-order valence-electron chi connectivity index (χ1n) is 13.4. The van der Waals surface area contributed by atoms with Gasteiger partial charge in [0.1, 0.15) is 11.4 Å². The fraction of sp³-hybridized carbons (Fsp3) is 0.419. The van der Waals surface area contributed by atoms with Crippen molar-refractivity contribution in [3.05, 3.63) is 71.7 Å². The average Bonchev–Trinajstić information content (AvgIpc) is 3.57. The normalized spacial score (nSPS) is 18.6. The van der Waals surface area contributed by atoms with E-state index in [9.17, 15) is 4.79 Å². The molecule has 0 aliphatic carbocycles. The summed E-state index contributed by atoms with van der Waals surface area (Å²) in [6.07, 6.45) is 8.63. The number of rotatable bonds is 5. The van der Waals surface area contributed by atoms with Gasteiger partial charge in [-0.25, -0.2) is 4.79 Å². The summed E-state index contributed by atoms with van der Waals surface area (Å²) < 4.78 is 13.2. The predicted octanol–water partition coefficient (Wildman–Crippen LogP) is 7.03. The van der Waals surface area contributed by atoms with E-state index in [0.717, 1.165) is 64.8 Å². The Balaban J connectivity index is 1.52. The number of carbonyl (C=O) groups excluding carboxylic acids is 1. The number of aromatic amines is 1. The molecule has 0 amide bonds. The van der Waals surface area contributed by atoms with Crippen molar-refractivity contribution in [3.8, 4) is 16.9 Å². The summed E-state index contributed by atoms with van der Waals surface area (Å²) >= 11 is 0. The van der Waals surface area contributed by atoms with Crippen molar-refractivity contribution < 1.29 is 14.3 Å². The number of aryl methyl sites for hydroxylation is 1. The molecule has 7 nitrogen and oxygen atoms in total. The van der Waals surface area contributed by atoms with Gasteiger partial charge < -0.3 is 9.47 Å². The smallest absolute Gasteiger partial charge is 0.419 e. The number of hydrogen-bond donors (Lipinski definition) is 1. The van der Waals surface area contributed by atoms with Crippen molar-refractivity contribution in [1.29, 1.82) is 0 Å². The molecule has 0 unspecified atom stereocenters. The molecule has 1 aliphatic heterocycles. The van der Waals surface area contributed by atoms with Crippen molar-refractivity contribution in [2.75, 3.05) is 13.7 Å². The standard InChI is InChI=1S/C31H38N4O3/c1-21-17-27(37-6)26(25-13-16-35(28(21)25)29(36)38-30(2,3)4)20-34-15-8-7-14-31(34,5)24-11-9-22(10-12-24)23-18-32-33-19-23/h9-13,16-19H,7-8,14-15,20H2,1-6H3,(H,32,33)/t31-/m1/s1. The largest absolute Gasteiger partial charge is 0.496 e. The van der Waals surface area contributed by atoms with Gasteiger partial charge in [0.25, 0.3) is 0 Å². The number of hydrogen-bond acceptors (Lipinski definition) is 5. The molecule has 7 heteroatoms. The first-order valence-corrected chi connectivity index (χ1v) is 13.4. The molecule has 38 heavy (non-hydrogen) atoms. The minimum atomic E-state index is -0.570. The number of methoxy groups -OCH3 is 1. The van der Waals surface area contributed by atoms with Gasteiger partial charge in [-0.3, -0.25) is 14.6 Å². The van der Waals surface area contributed by atoms with E-state index in [1.165, 1.54) is 12.0 Å².